The lowest BCUT2D eigenvalue weighted by atomic mass is 10.4. The minimum atomic E-state index is 0.129. The van der Waals surface area contributed by atoms with E-state index in [2.05, 4.69) is 22.0 Å². The van der Waals surface area contributed by atoms with Crippen molar-refractivity contribution in [2.75, 3.05) is 0 Å². The Morgan fingerprint density at radius 1 is 1.36 bits per heavy atom. The van der Waals surface area contributed by atoms with Crippen LogP contribution in [-0.2, 0) is 6.54 Å². The molecule has 0 aromatic carbocycles. The van der Waals surface area contributed by atoms with Crippen LogP contribution >= 0.6 is 23.2 Å². The Bertz CT molecular complexity index is 466. The molecule has 0 aliphatic heterocycles. The number of aryl methyl sites for hydroxylation is 1. The van der Waals surface area contributed by atoms with E-state index in [0.717, 1.165) is 18.4 Å². The molecular weight excluding hydrogens is 223 g/mol. The van der Waals surface area contributed by atoms with Gasteiger partial charge < -0.3 is 0 Å². The van der Waals surface area contributed by atoms with E-state index in [1.165, 1.54) is 0 Å². The topological polar surface area (TPSA) is 43.6 Å². The lowest BCUT2D eigenvalue weighted by Crippen LogP contribution is -1.96. The second kappa shape index (κ2) is 3.71. The van der Waals surface area contributed by atoms with Crippen LogP contribution in [0, 0.1) is 0 Å². The van der Waals surface area contributed by atoms with Crippen LogP contribution in [0.15, 0.2) is 6.20 Å². The minimum Gasteiger partial charge on any atom is -0.270 e. The van der Waals surface area contributed by atoms with Gasteiger partial charge in [-0.15, -0.1) is 0 Å². The smallest absolute Gasteiger partial charge is 0.225 e. The number of nitrogens with zero attached hydrogens (tertiary/aromatic N) is 4. The average Bonchev–Trinajstić information content (AvgIpc) is 2.48. The van der Waals surface area contributed by atoms with E-state index >= 15 is 0 Å². The number of hydrogen-bond donors (Lipinski definition) is 0. The Morgan fingerprint density at radius 2 is 2.14 bits per heavy atom. The lowest BCUT2D eigenvalue weighted by molar-refractivity contribution is 0.607. The largest absolute Gasteiger partial charge is 0.270 e. The molecule has 2 rings (SSSR count). The molecule has 0 fully saturated rings. The van der Waals surface area contributed by atoms with Crippen LogP contribution in [0.2, 0.25) is 10.4 Å². The summed E-state index contributed by atoms with van der Waals surface area (Å²) in [5.74, 6) is 0. The van der Waals surface area contributed by atoms with Gasteiger partial charge in [0, 0.05) is 12.7 Å². The van der Waals surface area contributed by atoms with Gasteiger partial charge in [0.05, 0.1) is 5.39 Å². The molecule has 2 heterocycles. The number of aromatic nitrogens is 4. The van der Waals surface area contributed by atoms with E-state index in [4.69, 9.17) is 23.2 Å². The highest BCUT2D eigenvalue weighted by atomic mass is 35.5. The number of halogens is 2. The zero-order chi connectivity index (χ0) is 10.1. The maximum Gasteiger partial charge on any atom is 0.225 e. The molecule has 0 saturated carbocycles. The molecule has 0 aliphatic carbocycles. The molecule has 0 unspecified atom stereocenters. The van der Waals surface area contributed by atoms with E-state index in [-0.39, 0.29) is 5.28 Å². The molecule has 74 valence electrons. The summed E-state index contributed by atoms with van der Waals surface area (Å²) in [6.45, 7) is 2.91. The Morgan fingerprint density at radius 3 is 2.86 bits per heavy atom. The van der Waals surface area contributed by atoms with E-state index in [1.807, 2.05) is 6.20 Å². The van der Waals surface area contributed by atoms with Gasteiger partial charge in [-0.1, -0.05) is 18.5 Å². The Labute approximate surface area is 90.9 Å². The summed E-state index contributed by atoms with van der Waals surface area (Å²) in [5, 5.41) is 5.44. The van der Waals surface area contributed by atoms with Gasteiger partial charge in [-0.25, -0.2) is 4.98 Å². The zero-order valence-electron chi connectivity index (χ0n) is 7.54. The molecule has 2 aromatic heterocycles. The van der Waals surface area contributed by atoms with Crippen LogP contribution in [0.4, 0.5) is 0 Å². The van der Waals surface area contributed by atoms with E-state index < -0.39 is 0 Å². The molecule has 0 spiro atoms. The van der Waals surface area contributed by atoms with Crippen molar-refractivity contribution in [2.45, 2.75) is 19.9 Å². The first-order valence-corrected chi connectivity index (χ1v) is 5.02. The summed E-state index contributed by atoms with van der Waals surface area (Å²) < 4.78 is 1.79. The highest BCUT2D eigenvalue weighted by Gasteiger charge is 2.08. The van der Waals surface area contributed by atoms with Crippen molar-refractivity contribution >= 4 is 34.2 Å². The summed E-state index contributed by atoms with van der Waals surface area (Å²) in [5.41, 5.74) is 0.545. The molecule has 4 nitrogen and oxygen atoms in total. The maximum absolute atomic E-state index is 5.89. The number of hydrogen-bond acceptors (Lipinski definition) is 3. The summed E-state index contributed by atoms with van der Waals surface area (Å²) in [7, 11) is 0. The van der Waals surface area contributed by atoms with Crippen molar-refractivity contribution in [1.82, 2.24) is 19.7 Å². The van der Waals surface area contributed by atoms with Gasteiger partial charge in [0.1, 0.15) is 5.15 Å². The molecule has 0 radical (unpaired) electrons. The van der Waals surface area contributed by atoms with Gasteiger partial charge in [-0.05, 0) is 18.0 Å². The summed E-state index contributed by atoms with van der Waals surface area (Å²) in [6.07, 6.45) is 2.84. The van der Waals surface area contributed by atoms with Gasteiger partial charge in [0.25, 0.3) is 0 Å². The van der Waals surface area contributed by atoms with Crippen LogP contribution in [0.25, 0.3) is 11.0 Å². The minimum absolute atomic E-state index is 0.129. The van der Waals surface area contributed by atoms with Crippen molar-refractivity contribution in [3.8, 4) is 0 Å². The lowest BCUT2D eigenvalue weighted by Gasteiger charge is -1.93. The molecule has 0 N–H and O–H groups in total. The Balaban J connectivity index is 2.58. The summed E-state index contributed by atoms with van der Waals surface area (Å²) in [4.78, 5) is 7.82. The number of fused-ring (bicyclic) bond motifs is 1. The maximum atomic E-state index is 5.89. The Kier molecular flexibility index (Phi) is 2.56. The van der Waals surface area contributed by atoms with Crippen LogP contribution in [-0.4, -0.2) is 19.7 Å². The normalized spacial score (nSPS) is 11.1. The van der Waals surface area contributed by atoms with Gasteiger partial charge >= 0.3 is 0 Å². The highest BCUT2D eigenvalue weighted by molar-refractivity contribution is 6.35. The van der Waals surface area contributed by atoms with Crippen LogP contribution in [0.5, 0.6) is 0 Å². The van der Waals surface area contributed by atoms with Crippen molar-refractivity contribution < 1.29 is 0 Å². The van der Waals surface area contributed by atoms with Gasteiger partial charge in [-0.2, -0.15) is 10.1 Å². The zero-order valence-corrected chi connectivity index (χ0v) is 9.05. The Hall–Kier alpha value is -0.870. The fourth-order valence-electron chi connectivity index (χ4n) is 1.24. The molecule has 14 heavy (non-hydrogen) atoms. The van der Waals surface area contributed by atoms with E-state index in [9.17, 15) is 0 Å². The molecular formula is C8H8Cl2N4. The van der Waals surface area contributed by atoms with Crippen molar-refractivity contribution in [1.29, 1.82) is 0 Å². The first-order chi connectivity index (χ1) is 6.70. The van der Waals surface area contributed by atoms with E-state index in [0.29, 0.717) is 10.8 Å². The van der Waals surface area contributed by atoms with Crippen molar-refractivity contribution in [2.24, 2.45) is 0 Å². The van der Waals surface area contributed by atoms with Gasteiger partial charge in [0.15, 0.2) is 5.65 Å². The van der Waals surface area contributed by atoms with Crippen molar-refractivity contribution in [3.05, 3.63) is 16.6 Å². The molecule has 0 saturated heterocycles. The summed E-state index contributed by atoms with van der Waals surface area (Å²) >= 11 is 11.5. The molecule has 6 heteroatoms. The van der Waals surface area contributed by atoms with Crippen molar-refractivity contribution in [3.63, 3.8) is 0 Å². The molecule has 2 aromatic rings. The number of rotatable bonds is 2. The predicted molar refractivity (Wildman–Crippen MR) is 55.6 cm³/mol. The quantitative estimate of drug-likeness (QED) is 0.589. The standard InChI is InChI=1S/C8H8Cl2N4/c1-2-3-14-4-5-6(9)11-8(10)12-7(5)13-14/h4H,2-3H2,1H3. The first kappa shape index (κ1) is 9.68. The first-order valence-electron chi connectivity index (χ1n) is 4.27. The third-order valence-corrected chi connectivity index (χ3v) is 2.26. The van der Waals surface area contributed by atoms with Gasteiger partial charge in [0.2, 0.25) is 5.28 Å². The molecule has 0 bridgehead atoms. The monoisotopic (exact) mass is 230 g/mol. The second-order valence-electron chi connectivity index (χ2n) is 2.91. The third-order valence-electron chi connectivity index (χ3n) is 1.81. The fourth-order valence-corrected chi connectivity index (χ4v) is 1.66. The van der Waals surface area contributed by atoms with Crippen LogP contribution < -0.4 is 0 Å². The summed E-state index contributed by atoms with van der Waals surface area (Å²) in [6, 6.07) is 0. The molecule has 0 aliphatic rings. The SMILES string of the molecule is CCCn1cc2c(Cl)nc(Cl)nc2n1. The van der Waals surface area contributed by atoms with Crippen LogP contribution in [0.3, 0.4) is 0 Å². The molecule has 0 amide bonds. The average molecular weight is 231 g/mol. The fraction of sp³-hybridized carbons (Fsp3) is 0.375. The van der Waals surface area contributed by atoms with Gasteiger partial charge in [-0.3, -0.25) is 4.68 Å². The predicted octanol–water partition coefficient (Wildman–Crippen LogP) is 2.54. The molecule has 0 atom stereocenters. The second-order valence-corrected chi connectivity index (χ2v) is 3.61. The third kappa shape index (κ3) is 1.67. The highest BCUT2D eigenvalue weighted by Crippen LogP contribution is 2.20. The van der Waals surface area contributed by atoms with E-state index in [1.54, 1.807) is 4.68 Å². The van der Waals surface area contributed by atoms with Crippen LogP contribution in [0.1, 0.15) is 13.3 Å².